The number of aryl methyl sites for hydroxylation is 3. The quantitative estimate of drug-likeness (QED) is 0.627. The highest BCUT2D eigenvalue weighted by molar-refractivity contribution is 5.86. The molecule has 1 heterocycles. The van der Waals surface area contributed by atoms with Gasteiger partial charge in [-0.25, -0.2) is 0 Å². The van der Waals surface area contributed by atoms with E-state index < -0.39 is 0 Å². The van der Waals surface area contributed by atoms with Gasteiger partial charge in [0.25, 0.3) is 0 Å². The minimum Gasteiger partial charge on any atom is -0.275 e. The van der Waals surface area contributed by atoms with Crippen molar-refractivity contribution >= 4 is 10.9 Å². The van der Waals surface area contributed by atoms with Crippen molar-refractivity contribution < 1.29 is 0 Å². The molecule has 0 saturated carbocycles. The summed E-state index contributed by atoms with van der Waals surface area (Å²) in [5.41, 5.74) is 6.18. The van der Waals surface area contributed by atoms with Crippen LogP contribution in [0.1, 0.15) is 11.1 Å². The first-order chi connectivity index (χ1) is 8.63. The van der Waals surface area contributed by atoms with Crippen LogP contribution >= 0.6 is 0 Å². The van der Waals surface area contributed by atoms with Gasteiger partial charge < -0.3 is 0 Å². The lowest BCUT2D eigenvalue weighted by Gasteiger charge is -2.06. The summed E-state index contributed by atoms with van der Waals surface area (Å²) >= 11 is 0. The van der Waals surface area contributed by atoms with E-state index in [0.717, 1.165) is 5.52 Å². The molecule has 3 aromatic rings. The average molecular weight is 236 g/mol. The van der Waals surface area contributed by atoms with Gasteiger partial charge in [0.2, 0.25) is 0 Å². The molecule has 18 heavy (non-hydrogen) atoms. The monoisotopic (exact) mass is 236 g/mol. The second-order valence-electron chi connectivity index (χ2n) is 4.89. The van der Waals surface area contributed by atoms with Crippen LogP contribution in [0, 0.1) is 13.8 Å². The summed E-state index contributed by atoms with van der Waals surface area (Å²) in [4.78, 5) is 0. The summed E-state index contributed by atoms with van der Waals surface area (Å²) in [6.07, 6.45) is 2.06. The highest BCUT2D eigenvalue weighted by Crippen LogP contribution is 2.27. The molecule has 1 aromatic heterocycles. The van der Waals surface area contributed by atoms with Gasteiger partial charge in [0.1, 0.15) is 0 Å². The molecule has 90 valence electrons. The number of hydrogen-bond acceptors (Lipinski definition) is 1. The highest BCUT2D eigenvalue weighted by Gasteiger charge is 2.06. The van der Waals surface area contributed by atoms with Crippen LogP contribution in [-0.4, -0.2) is 9.78 Å². The SMILES string of the molecule is Cc1ccc(-c2cc3cn(C)nc3cc2C)cc1. The summed E-state index contributed by atoms with van der Waals surface area (Å²) in [6.45, 7) is 4.25. The Morgan fingerprint density at radius 2 is 1.72 bits per heavy atom. The zero-order valence-electron chi connectivity index (χ0n) is 10.9. The van der Waals surface area contributed by atoms with Crippen molar-refractivity contribution in [3.8, 4) is 11.1 Å². The Hall–Kier alpha value is -2.09. The van der Waals surface area contributed by atoms with Gasteiger partial charge in [0, 0.05) is 18.6 Å². The second-order valence-corrected chi connectivity index (χ2v) is 4.89. The van der Waals surface area contributed by atoms with Crippen LogP contribution in [0.5, 0.6) is 0 Å². The number of aromatic nitrogens is 2. The third-order valence-electron chi connectivity index (χ3n) is 3.33. The van der Waals surface area contributed by atoms with Gasteiger partial charge in [-0.1, -0.05) is 29.8 Å². The molecule has 0 saturated heterocycles. The van der Waals surface area contributed by atoms with Crippen LogP contribution in [0.2, 0.25) is 0 Å². The molecule has 0 aliphatic heterocycles. The lowest BCUT2D eigenvalue weighted by molar-refractivity contribution is 0.779. The Kier molecular flexibility index (Phi) is 2.44. The fraction of sp³-hybridized carbons (Fsp3) is 0.188. The van der Waals surface area contributed by atoms with Crippen molar-refractivity contribution in [2.75, 3.05) is 0 Å². The maximum atomic E-state index is 4.44. The fourth-order valence-corrected chi connectivity index (χ4v) is 2.34. The third kappa shape index (κ3) is 1.80. The molecule has 0 unspecified atom stereocenters. The smallest absolute Gasteiger partial charge is 0.0926 e. The largest absolute Gasteiger partial charge is 0.275 e. The Bertz CT molecular complexity index is 706. The van der Waals surface area contributed by atoms with Crippen molar-refractivity contribution in [1.82, 2.24) is 9.78 Å². The Balaban J connectivity index is 2.21. The van der Waals surface area contributed by atoms with E-state index in [4.69, 9.17) is 0 Å². The first-order valence-corrected chi connectivity index (χ1v) is 6.14. The first kappa shape index (κ1) is 11.0. The van der Waals surface area contributed by atoms with Gasteiger partial charge in [-0.2, -0.15) is 5.10 Å². The number of hydrogen-bond donors (Lipinski definition) is 0. The average Bonchev–Trinajstić information content (AvgIpc) is 2.68. The van der Waals surface area contributed by atoms with Gasteiger partial charge in [-0.05, 0) is 42.7 Å². The molecular formula is C16H16N2. The summed E-state index contributed by atoms with van der Waals surface area (Å²) in [7, 11) is 1.96. The molecule has 2 aromatic carbocycles. The number of nitrogens with zero attached hydrogens (tertiary/aromatic N) is 2. The zero-order chi connectivity index (χ0) is 12.7. The van der Waals surface area contributed by atoms with Gasteiger partial charge >= 0.3 is 0 Å². The molecule has 0 fully saturated rings. The Labute approximate surface area is 107 Å². The first-order valence-electron chi connectivity index (χ1n) is 6.14. The second kappa shape index (κ2) is 3.98. The van der Waals surface area contributed by atoms with E-state index in [-0.39, 0.29) is 0 Å². The van der Waals surface area contributed by atoms with Crippen molar-refractivity contribution in [1.29, 1.82) is 0 Å². The lowest BCUT2D eigenvalue weighted by Crippen LogP contribution is -1.85. The predicted molar refractivity (Wildman–Crippen MR) is 75.6 cm³/mol. The van der Waals surface area contributed by atoms with Crippen LogP contribution in [0.4, 0.5) is 0 Å². The van der Waals surface area contributed by atoms with Crippen molar-refractivity contribution in [3.05, 3.63) is 53.7 Å². The van der Waals surface area contributed by atoms with Crippen molar-refractivity contribution in [3.63, 3.8) is 0 Å². The molecule has 3 rings (SSSR count). The van der Waals surface area contributed by atoms with Crippen LogP contribution in [-0.2, 0) is 7.05 Å². The van der Waals surface area contributed by atoms with E-state index in [2.05, 4.69) is 61.5 Å². The van der Waals surface area contributed by atoms with Crippen LogP contribution < -0.4 is 0 Å². The summed E-state index contributed by atoms with van der Waals surface area (Å²) in [5.74, 6) is 0. The summed E-state index contributed by atoms with van der Waals surface area (Å²) in [6, 6.07) is 13.1. The van der Waals surface area contributed by atoms with Crippen molar-refractivity contribution in [2.45, 2.75) is 13.8 Å². The van der Waals surface area contributed by atoms with E-state index in [9.17, 15) is 0 Å². The summed E-state index contributed by atoms with van der Waals surface area (Å²) < 4.78 is 1.86. The molecule has 0 atom stereocenters. The molecule has 0 aliphatic carbocycles. The van der Waals surface area contributed by atoms with E-state index in [1.165, 1.54) is 27.6 Å². The normalized spacial score (nSPS) is 11.1. The predicted octanol–water partition coefficient (Wildman–Crippen LogP) is 3.86. The maximum Gasteiger partial charge on any atom is 0.0926 e. The Morgan fingerprint density at radius 3 is 2.44 bits per heavy atom. The van der Waals surface area contributed by atoms with Gasteiger partial charge in [0.05, 0.1) is 5.52 Å². The lowest BCUT2D eigenvalue weighted by atomic mass is 9.98. The summed E-state index contributed by atoms with van der Waals surface area (Å²) in [5, 5.41) is 5.63. The van der Waals surface area contributed by atoms with E-state index in [0.29, 0.717) is 0 Å². The minimum atomic E-state index is 1.06. The number of fused-ring (bicyclic) bond motifs is 1. The molecule has 2 nitrogen and oxygen atoms in total. The van der Waals surface area contributed by atoms with Crippen molar-refractivity contribution in [2.24, 2.45) is 7.05 Å². The van der Waals surface area contributed by atoms with Gasteiger partial charge in [-0.15, -0.1) is 0 Å². The third-order valence-corrected chi connectivity index (χ3v) is 3.33. The fourth-order valence-electron chi connectivity index (χ4n) is 2.34. The molecule has 0 aliphatic rings. The molecule has 2 heteroatoms. The molecule has 0 radical (unpaired) electrons. The van der Waals surface area contributed by atoms with E-state index in [1.54, 1.807) is 0 Å². The molecule has 0 bridgehead atoms. The number of rotatable bonds is 1. The topological polar surface area (TPSA) is 17.8 Å². The molecule has 0 amide bonds. The minimum absolute atomic E-state index is 1.06. The highest BCUT2D eigenvalue weighted by atomic mass is 15.2. The van der Waals surface area contributed by atoms with Crippen LogP contribution in [0.15, 0.2) is 42.6 Å². The van der Waals surface area contributed by atoms with E-state index >= 15 is 0 Å². The maximum absolute atomic E-state index is 4.44. The van der Waals surface area contributed by atoms with Crippen LogP contribution in [0.25, 0.3) is 22.0 Å². The van der Waals surface area contributed by atoms with Gasteiger partial charge in [-0.3, -0.25) is 4.68 Å². The number of benzene rings is 2. The zero-order valence-corrected chi connectivity index (χ0v) is 10.9. The standard InChI is InChI=1S/C16H16N2/c1-11-4-6-13(7-5-11)15-9-14-10-18(3)17-16(14)8-12(15)2/h4-10H,1-3H3. The molecule has 0 spiro atoms. The van der Waals surface area contributed by atoms with Crippen LogP contribution in [0.3, 0.4) is 0 Å². The Morgan fingerprint density at radius 1 is 1.00 bits per heavy atom. The molecular weight excluding hydrogens is 220 g/mol. The van der Waals surface area contributed by atoms with Gasteiger partial charge in [0.15, 0.2) is 0 Å². The van der Waals surface area contributed by atoms with E-state index in [1.807, 2.05) is 11.7 Å². The molecule has 0 N–H and O–H groups in total.